The zero-order valence-corrected chi connectivity index (χ0v) is 9.97. The van der Waals surface area contributed by atoms with Gasteiger partial charge in [0.1, 0.15) is 17.6 Å². The molecule has 0 atom stereocenters. The second-order valence-corrected chi connectivity index (χ2v) is 4.40. The van der Waals surface area contributed by atoms with Crippen molar-refractivity contribution in [2.24, 2.45) is 11.5 Å². The molecule has 4 N–H and O–H groups in total. The summed E-state index contributed by atoms with van der Waals surface area (Å²) in [6.07, 6.45) is 1.76. The summed E-state index contributed by atoms with van der Waals surface area (Å²) in [5.41, 5.74) is 11.6. The molecule has 0 saturated carbocycles. The predicted octanol–water partition coefficient (Wildman–Crippen LogP) is -0.0203. The molecule has 6 nitrogen and oxygen atoms in total. The van der Waals surface area contributed by atoms with Crippen LogP contribution in [0.3, 0.4) is 0 Å². The van der Waals surface area contributed by atoms with Gasteiger partial charge < -0.3 is 16.4 Å². The van der Waals surface area contributed by atoms with Gasteiger partial charge in [-0.1, -0.05) is 0 Å². The van der Waals surface area contributed by atoms with E-state index in [1.807, 2.05) is 11.0 Å². The van der Waals surface area contributed by atoms with Crippen LogP contribution >= 0.6 is 0 Å². The average molecular weight is 245 g/mol. The summed E-state index contributed by atoms with van der Waals surface area (Å²) >= 11 is 0. The van der Waals surface area contributed by atoms with Gasteiger partial charge in [-0.05, 0) is 25.0 Å². The van der Waals surface area contributed by atoms with E-state index in [4.69, 9.17) is 16.7 Å². The predicted molar refractivity (Wildman–Crippen MR) is 66.9 cm³/mol. The van der Waals surface area contributed by atoms with Gasteiger partial charge >= 0.3 is 0 Å². The molecule has 6 heteroatoms. The summed E-state index contributed by atoms with van der Waals surface area (Å²) < 4.78 is 0. The van der Waals surface area contributed by atoms with Crippen molar-refractivity contribution in [1.82, 2.24) is 4.98 Å². The molecule has 0 unspecified atom stereocenters. The third-order valence-corrected chi connectivity index (χ3v) is 3.07. The quantitative estimate of drug-likeness (QED) is 0.761. The molecule has 0 spiro atoms. The zero-order chi connectivity index (χ0) is 13.1. The third-order valence-electron chi connectivity index (χ3n) is 3.07. The average Bonchev–Trinajstić information content (AvgIpc) is 2.39. The second-order valence-electron chi connectivity index (χ2n) is 4.40. The number of aromatic nitrogens is 1. The van der Waals surface area contributed by atoms with Crippen molar-refractivity contribution in [3.63, 3.8) is 0 Å². The van der Waals surface area contributed by atoms with E-state index in [-0.39, 0.29) is 11.7 Å². The molecule has 0 aromatic carbocycles. The number of pyridine rings is 1. The first-order valence-corrected chi connectivity index (χ1v) is 5.82. The SMILES string of the molecule is N#Cc1cc(C(N)=O)cc(N2CCC(N)CC2)n1. The molecule has 2 heterocycles. The number of carbonyl (C=O) groups is 1. The number of hydrogen-bond donors (Lipinski definition) is 2. The van der Waals surface area contributed by atoms with Crippen molar-refractivity contribution in [1.29, 1.82) is 5.26 Å². The normalized spacial score (nSPS) is 16.3. The molecule has 0 aliphatic carbocycles. The van der Waals surface area contributed by atoms with Crippen LogP contribution in [0.25, 0.3) is 0 Å². The highest BCUT2D eigenvalue weighted by molar-refractivity contribution is 5.93. The summed E-state index contributed by atoms with van der Waals surface area (Å²) in [4.78, 5) is 17.4. The highest BCUT2D eigenvalue weighted by Crippen LogP contribution is 2.19. The fraction of sp³-hybridized carbons (Fsp3) is 0.417. The molecule has 1 aliphatic heterocycles. The standard InChI is InChI=1S/C12H15N5O/c13-7-10-5-8(12(15)18)6-11(16-10)17-3-1-9(14)2-4-17/h5-6,9H,1-4,14H2,(H2,15,18). The van der Waals surface area contributed by atoms with Crippen LogP contribution < -0.4 is 16.4 Å². The van der Waals surface area contributed by atoms with Crippen LogP contribution in [0.4, 0.5) is 5.82 Å². The maximum Gasteiger partial charge on any atom is 0.248 e. The summed E-state index contributed by atoms with van der Waals surface area (Å²) in [6.45, 7) is 1.56. The molecule has 1 amide bonds. The van der Waals surface area contributed by atoms with Crippen molar-refractivity contribution < 1.29 is 4.79 Å². The van der Waals surface area contributed by atoms with E-state index < -0.39 is 5.91 Å². The molecular weight excluding hydrogens is 230 g/mol. The largest absolute Gasteiger partial charge is 0.366 e. The lowest BCUT2D eigenvalue weighted by atomic mass is 10.1. The van der Waals surface area contributed by atoms with Crippen LogP contribution in [-0.4, -0.2) is 30.0 Å². The molecule has 18 heavy (non-hydrogen) atoms. The molecular formula is C12H15N5O. The van der Waals surface area contributed by atoms with Gasteiger partial charge in [-0.2, -0.15) is 5.26 Å². The number of nitrogens with two attached hydrogens (primary N) is 2. The summed E-state index contributed by atoms with van der Waals surface area (Å²) in [6, 6.07) is 5.19. The smallest absolute Gasteiger partial charge is 0.248 e. The zero-order valence-electron chi connectivity index (χ0n) is 9.97. The Kier molecular flexibility index (Phi) is 3.44. The number of anilines is 1. The number of hydrogen-bond acceptors (Lipinski definition) is 5. The van der Waals surface area contributed by atoms with Gasteiger partial charge in [0.2, 0.25) is 5.91 Å². The van der Waals surface area contributed by atoms with Gasteiger partial charge in [0.05, 0.1) is 0 Å². The lowest BCUT2D eigenvalue weighted by Crippen LogP contribution is -2.40. The second kappa shape index (κ2) is 5.02. The fourth-order valence-corrected chi connectivity index (χ4v) is 2.01. The van der Waals surface area contributed by atoms with E-state index in [0.29, 0.717) is 11.4 Å². The van der Waals surface area contributed by atoms with E-state index in [1.165, 1.54) is 6.07 Å². The van der Waals surface area contributed by atoms with Crippen LogP contribution in [0, 0.1) is 11.3 Å². The van der Waals surface area contributed by atoms with Crippen LogP contribution in [0.15, 0.2) is 12.1 Å². The molecule has 1 saturated heterocycles. The number of piperidine rings is 1. The fourth-order valence-electron chi connectivity index (χ4n) is 2.01. The maximum absolute atomic E-state index is 11.2. The van der Waals surface area contributed by atoms with Crippen LogP contribution in [0.2, 0.25) is 0 Å². The minimum absolute atomic E-state index is 0.205. The Hall–Kier alpha value is -2.13. The van der Waals surface area contributed by atoms with E-state index in [1.54, 1.807) is 6.07 Å². The molecule has 0 radical (unpaired) electrons. The van der Waals surface area contributed by atoms with E-state index >= 15 is 0 Å². The van der Waals surface area contributed by atoms with Crippen molar-refractivity contribution in [3.8, 4) is 6.07 Å². The highest BCUT2D eigenvalue weighted by atomic mass is 16.1. The van der Waals surface area contributed by atoms with Crippen molar-refractivity contribution >= 4 is 11.7 Å². The Balaban J connectivity index is 2.30. The number of rotatable bonds is 2. The number of carbonyl (C=O) groups excluding carboxylic acids is 1. The minimum atomic E-state index is -0.552. The molecule has 1 aromatic heterocycles. The summed E-state index contributed by atoms with van der Waals surface area (Å²) in [7, 11) is 0. The van der Waals surface area contributed by atoms with Gasteiger partial charge in [0.15, 0.2) is 0 Å². The number of primary amides is 1. The molecule has 1 fully saturated rings. The summed E-state index contributed by atoms with van der Waals surface area (Å²) in [5, 5.41) is 8.91. The molecule has 2 rings (SSSR count). The van der Waals surface area contributed by atoms with Gasteiger partial charge in [-0.15, -0.1) is 0 Å². The third kappa shape index (κ3) is 2.57. The number of nitriles is 1. The van der Waals surface area contributed by atoms with Gasteiger partial charge in [-0.3, -0.25) is 4.79 Å². The van der Waals surface area contributed by atoms with Gasteiger partial charge in [0.25, 0.3) is 0 Å². The van der Waals surface area contributed by atoms with E-state index in [2.05, 4.69) is 4.98 Å². The monoisotopic (exact) mass is 245 g/mol. The molecule has 94 valence electrons. The van der Waals surface area contributed by atoms with Gasteiger partial charge in [0, 0.05) is 24.7 Å². The van der Waals surface area contributed by atoms with Crippen LogP contribution in [0.1, 0.15) is 28.9 Å². The maximum atomic E-state index is 11.2. The topological polar surface area (TPSA) is 109 Å². The molecule has 1 aliphatic rings. The molecule has 1 aromatic rings. The van der Waals surface area contributed by atoms with E-state index in [0.717, 1.165) is 25.9 Å². The Morgan fingerprint density at radius 2 is 2.11 bits per heavy atom. The Labute approximate surface area is 105 Å². The van der Waals surface area contributed by atoms with Crippen LogP contribution in [-0.2, 0) is 0 Å². The Morgan fingerprint density at radius 3 is 2.67 bits per heavy atom. The first-order valence-electron chi connectivity index (χ1n) is 5.82. The molecule has 0 bridgehead atoms. The highest BCUT2D eigenvalue weighted by Gasteiger charge is 2.18. The lowest BCUT2D eigenvalue weighted by molar-refractivity contribution is 0.1000. The van der Waals surface area contributed by atoms with Crippen molar-refractivity contribution in [2.45, 2.75) is 18.9 Å². The Morgan fingerprint density at radius 1 is 1.44 bits per heavy atom. The van der Waals surface area contributed by atoms with E-state index in [9.17, 15) is 4.79 Å². The van der Waals surface area contributed by atoms with Crippen molar-refractivity contribution in [2.75, 3.05) is 18.0 Å². The lowest BCUT2D eigenvalue weighted by Gasteiger charge is -2.31. The Bertz CT molecular complexity index is 500. The minimum Gasteiger partial charge on any atom is -0.366 e. The number of nitrogens with zero attached hydrogens (tertiary/aromatic N) is 3. The van der Waals surface area contributed by atoms with Crippen molar-refractivity contribution in [3.05, 3.63) is 23.4 Å². The summed E-state index contributed by atoms with van der Waals surface area (Å²) in [5.74, 6) is 0.0682. The van der Waals surface area contributed by atoms with Crippen LogP contribution in [0.5, 0.6) is 0 Å². The van der Waals surface area contributed by atoms with Gasteiger partial charge in [-0.25, -0.2) is 4.98 Å². The first-order chi connectivity index (χ1) is 8.60. The first kappa shape index (κ1) is 12.3. The number of amides is 1.